The van der Waals surface area contributed by atoms with Gasteiger partial charge in [0, 0.05) is 0 Å². The van der Waals surface area contributed by atoms with Crippen LogP contribution in [0.3, 0.4) is 0 Å². The maximum Gasteiger partial charge on any atom is 0.285 e. The molecule has 0 aromatic heterocycles. The van der Waals surface area contributed by atoms with Crippen LogP contribution in [0.15, 0.2) is 27.5 Å². The Hall–Kier alpha value is -1.11. The topological polar surface area (TPSA) is 59.0 Å². The first-order valence-electron chi connectivity index (χ1n) is 6.34. The van der Waals surface area contributed by atoms with Crippen molar-refractivity contribution in [1.29, 1.82) is 0 Å². The van der Waals surface area contributed by atoms with Gasteiger partial charge in [0.05, 0.1) is 22.7 Å². The molecule has 20 heavy (non-hydrogen) atoms. The van der Waals surface area contributed by atoms with Crippen LogP contribution in [0.1, 0.15) is 33.3 Å². The molecule has 0 N–H and O–H groups in total. The number of sulfonamides is 1. The van der Waals surface area contributed by atoms with Gasteiger partial charge in [-0.05, 0) is 39.8 Å². The highest BCUT2D eigenvalue weighted by atomic mass is 35.5. The van der Waals surface area contributed by atoms with Gasteiger partial charge in [-0.15, -0.1) is 4.40 Å². The summed E-state index contributed by atoms with van der Waals surface area (Å²) in [5.41, 5.74) is 0.406. The quantitative estimate of drug-likeness (QED) is 0.805. The maximum absolute atomic E-state index is 12.1. The van der Waals surface area contributed by atoms with Crippen LogP contribution in [0.2, 0.25) is 5.02 Å². The summed E-state index contributed by atoms with van der Waals surface area (Å²) in [4.78, 5) is 5.80. The van der Waals surface area contributed by atoms with Crippen molar-refractivity contribution >= 4 is 27.5 Å². The predicted molar refractivity (Wildman–Crippen MR) is 78.4 cm³/mol. The molecule has 1 aromatic carbocycles. The van der Waals surface area contributed by atoms with Crippen LogP contribution in [-0.4, -0.2) is 31.5 Å². The van der Waals surface area contributed by atoms with Crippen molar-refractivity contribution in [1.82, 2.24) is 5.06 Å². The largest absolute Gasteiger partial charge is 0.285 e. The van der Waals surface area contributed by atoms with Crippen molar-refractivity contribution in [3.8, 4) is 0 Å². The molecule has 0 aliphatic carbocycles. The van der Waals surface area contributed by atoms with E-state index in [1.54, 1.807) is 12.1 Å². The SMILES string of the molecule is CC(C)ON(C1=NS(=O)(=O)c2cccc(Cl)c21)C(C)C. The van der Waals surface area contributed by atoms with E-state index in [-0.39, 0.29) is 22.9 Å². The minimum atomic E-state index is -3.71. The molecule has 1 heterocycles. The van der Waals surface area contributed by atoms with Crippen LogP contribution in [0.5, 0.6) is 0 Å². The molecule has 110 valence electrons. The summed E-state index contributed by atoms with van der Waals surface area (Å²) in [6, 6.07) is 4.67. The van der Waals surface area contributed by atoms with E-state index in [0.717, 1.165) is 0 Å². The molecule has 2 rings (SSSR count). The van der Waals surface area contributed by atoms with Gasteiger partial charge in [0.25, 0.3) is 10.0 Å². The van der Waals surface area contributed by atoms with E-state index in [1.807, 2.05) is 27.7 Å². The summed E-state index contributed by atoms with van der Waals surface area (Å²) in [5.74, 6) is 0.245. The van der Waals surface area contributed by atoms with Gasteiger partial charge in [0.2, 0.25) is 0 Å². The summed E-state index contributed by atoms with van der Waals surface area (Å²) in [7, 11) is -3.71. The molecule has 5 nitrogen and oxygen atoms in total. The van der Waals surface area contributed by atoms with Gasteiger partial charge < -0.3 is 0 Å². The first-order valence-corrected chi connectivity index (χ1v) is 8.15. The van der Waals surface area contributed by atoms with Crippen molar-refractivity contribution in [3.05, 3.63) is 28.8 Å². The molecule has 1 aliphatic heterocycles. The standard InChI is InChI=1S/C13H17ClN2O3S/c1-8(2)16(19-9(3)4)13-12-10(14)6-5-7-11(12)20(17,18)15-13/h5-9H,1-4H3. The monoisotopic (exact) mass is 316 g/mol. The van der Waals surface area contributed by atoms with Crippen LogP contribution < -0.4 is 0 Å². The third kappa shape index (κ3) is 2.68. The van der Waals surface area contributed by atoms with Gasteiger partial charge in [0.15, 0.2) is 5.84 Å². The van der Waals surface area contributed by atoms with Crippen molar-refractivity contribution in [2.45, 2.75) is 44.7 Å². The minimum Gasteiger partial charge on any atom is -0.269 e. The zero-order valence-corrected chi connectivity index (χ0v) is 13.4. The Kier molecular flexibility index (Phi) is 4.09. The second kappa shape index (κ2) is 5.35. The first kappa shape index (κ1) is 15.3. The maximum atomic E-state index is 12.1. The van der Waals surface area contributed by atoms with Crippen LogP contribution in [-0.2, 0) is 14.9 Å². The fraction of sp³-hybridized carbons (Fsp3) is 0.462. The lowest BCUT2D eigenvalue weighted by Crippen LogP contribution is -2.39. The lowest BCUT2D eigenvalue weighted by molar-refractivity contribution is -0.150. The molecule has 0 saturated carbocycles. The van der Waals surface area contributed by atoms with Crippen molar-refractivity contribution in [3.63, 3.8) is 0 Å². The Balaban J connectivity index is 2.59. The molecule has 0 amide bonds. The molecule has 1 aliphatic rings. The van der Waals surface area contributed by atoms with Crippen molar-refractivity contribution in [2.75, 3.05) is 0 Å². The fourth-order valence-electron chi connectivity index (χ4n) is 1.94. The smallest absolute Gasteiger partial charge is 0.269 e. The highest BCUT2D eigenvalue weighted by Crippen LogP contribution is 2.33. The second-order valence-corrected chi connectivity index (χ2v) is 7.06. The predicted octanol–water partition coefficient (Wildman–Crippen LogP) is 2.84. The van der Waals surface area contributed by atoms with Gasteiger partial charge in [-0.3, -0.25) is 4.84 Å². The molecule has 0 saturated heterocycles. The van der Waals surface area contributed by atoms with E-state index >= 15 is 0 Å². The molecule has 0 spiro atoms. The fourth-order valence-corrected chi connectivity index (χ4v) is 3.46. The Morgan fingerprint density at radius 1 is 1.25 bits per heavy atom. The molecule has 0 unspecified atom stereocenters. The number of hydroxylamine groups is 2. The molecular formula is C13H17ClN2O3S. The Morgan fingerprint density at radius 3 is 2.45 bits per heavy atom. The highest BCUT2D eigenvalue weighted by Gasteiger charge is 2.35. The number of halogens is 1. The number of benzene rings is 1. The van der Waals surface area contributed by atoms with E-state index < -0.39 is 10.0 Å². The van der Waals surface area contributed by atoms with Crippen LogP contribution in [0, 0.1) is 0 Å². The Bertz CT molecular complexity index is 654. The third-order valence-electron chi connectivity index (χ3n) is 2.69. The summed E-state index contributed by atoms with van der Waals surface area (Å²) in [6.45, 7) is 7.53. The number of rotatable bonds is 3. The van der Waals surface area contributed by atoms with Crippen LogP contribution in [0.25, 0.3) is 0 Å². The van der Waals surface area contributed by atoms with Crippen molar-refractivity contribution < 1.29 is 13.3 Å². The van der Waals surface area contributed by atoms with E-state index in [2.05, 4.69) is 4.40 Å². The third-order valence-corrected chi connectivity index (χ3v) is 4.31. The van der Waals surface area contributed by atoms with E-state index in [0.29, 0.717) is 10.6 Å². The molecule has 1 aromatic rings. The zero-order chi connectivity index (χ0) is 15.1. The number of hydrogen-bond donors (Lipinski definition) is 0. The average Bonchev–Trinajstić information content (AvgIpc) is 2.59. The number of hydrogen-bond acceptors (Lipinski definition) is 4. The van der Waals surface area contributed by atoms with Gasteiger partial charge in [-0.2, -0.15) is 8.42 Å². The van der Waals surface area contributed by atoms with Gasteiger partial charge in [0.1, 0.15) is 4.90 Å². The number of amidine groups is 1. The van der Waals surface area contributed by atoms with E-state index in [4.69, 9.17) is 16.4 Å². The minimum absolute atomic E-state index is 0.0754. The van der Waals surface area contributed by atoms with Gasteiger partial charge in [-0.1, -0.05) is 17.7 Å². The van der Waals surface area contributed by atoms with E-state index in [9.17, 15) is 8.42 Å². The molecule has 0 bridgehead atoms. The number of fused-ring (bicyclic) bond motifs is 1. The zero-order valence-electron chi connectivity index (χ0n) is 11.8. The lowest BCUT2D eigenvalue weighted by Gasteiger charge is -2.29. The highest BCUT2D eigenvalue weighted by molar-refractivity contribution is 7.90. The molecule has 0 fully saturated rings. The summed E-state index contributed by atoms with van der Waals surface area (Å²) < 4.78 is 28.0. The molecular weight excluding hydrogens is 300 g/mol. The number of nitrogens with zero attached hydrogens (tertiary/aromatic N) is 2. The van der Waals surface area contributed by atoms with Crippen molar-refractivity contribution in [2.24, 2.45) is 4.40 Å². The van der Waals surface area contributed by atoms with Crippen LogP contribution in [0.4, 0.5) is 0 Å². The van der Waals surface area contributed by atoms with Gasteiger partial charge >= 0.3 is 0 Å². The molecule has 0 radical (unpaired) electrons. The lowest BCUT2D eigenvalue weighted by atomic mass is 10.2. The summed E-state index contributed by atoms with van der Waals surface area (Å²) in [5, 5.41) is 1.85. The Morgan fingerprint density at radius 2 is 1.90 bits per heavy atom. The first-order chi connectivity index (χ1) is 9.24. The average molecular weight is 317 g/mol. The second-order valence-electron chi connectivity index (χ2n) is 5.08. The van der Waals surface area contributed by atoms with Crippen LogP contribution >= 0.6 is 11.6 Å². The Labute approximate surface area is 124 Å². The normalized spacial score (nSPS) is 16.4. The van der Waals surface area contributed by atoms with E-state index in [1.165, 1.54) is 11.1 Å². The summed E-state index contributed by atoms with van der Waals surface area (Å²) >= 11 is 6.15. The molecule has 0 atom stereocenters. The van der Waals surface area contributed by atoms with Gasteiger partial charge in [-0.25, -0.2) is 5.06 Å². The summed E-state index contributed by atoms with van der Waals surface area (Å²) in [6.07, 6.45) is -0.102. The molecule has 7 heteroatoms.